The van der Waals surface area contributed by atoms with Crippen molar-refractivity contribution < 1.29 is 31.5 Å². The van der Waals surface area contributed by atoms with E-state index in [0.717, 1.165) is 0 Å². The molecule has 1 aromatic heterocycles. The van der Waals surface area contributed by atoms with E-state index in [-0.39, 0.29) is 17.6 Å². The minimum absolute atomic E-state index is 0.0685. The number of alkyl halides is 5. The molecule has 1 aliphatic rings. The predicted molar refractivity (Wildman–Crippen MR) is 82.9 cm³/mol. The van der Waals surface area contributed by atoms with Gasteiger partial charge in [0.1, 0.15) is 5.82 Å². The van der Waals surface area contributed by atoms with Crippen LogP contribution in [0.1, 0.15) is 31.9 Å². The van der Waals surface area contributed by atoms with Crippen LogP contribution in [-0.4, -0.2) is 47.7 Å². The Morgan fingerprint density at radius 3 is 2.46 bits per heavy atom. The van der Waals surface area contributed by atoms with Crippen molar-refractivity contribution in [3.8, 4) is 0 Å². The molecular formula is C16H20F5N3O2. The van der Waals surface area contributed by atoms with E-state index in [0.29, 0.717) is 38.4 Å². The van der Waals surface area contributed by atoms with E-state index >= 15 is 0 Å². The van der Waals surface area contributed by atoms with Gasteiger partial charge in [-0.3, -0.25) is 9.78 Å². The Labute approximate surface area is 147 Å². The Morgan fingerprint density at radius 1 is 1.23 bits per heavy atom. The summed E-state index contributed by atoms with van der Waals surface area (Å²) in [4.78, 5) is 21.6. The summed E-state index contributed by atoms with van der Waals surface area (Å²) in [6.07, 6.45) is -3.77. The van der Waals surface area contributed by atoms with Crippen LogP contribution in [-0.2, 0) is 16.0 Å². The molecule has 0 aromatic carbocycles. The van der Waals surface area contributed by atoms with E-state index in [1.807, 2.05) is 4.90 Å². The van der Waals surface area contributed by atoms with Crippen LogP contribution in [0.25, 0.3) is 0 Å². The van der Waals surface area contributed by atoms with Crippen LogP contribution in [0.5, 0.6) is 0 Å². The lowest BCUT2D eigenvalue weighted by Crippen LogP contribution is -2.38. The molecule has 10 heteroatoms. The van der Waals surface area contributed by atoms with Crippen molar-refractivity contribution in [1.29, 1.82) is 0 Å². The summed E-state index contributed by atoms with van der Waals surface area (Å²) < 4.78 is 67.7. The standard InChI is InChI=1S/C16H20F5N3O2/c1-2-26-14(25)11-4-7-24(8-5-11)13-10-22-9-12(23-13)3-6-15(17,18)16(19,20)21/h9-11H,2-8H2,1H3. The van der Waals surface area contributed by atoms with E-state index in [2.05, 4.69) is 9.97 Å². The predicted octanol–water partition coefficient (Wildman–Crippen LogP) is 3.39. The van der Waals surface area contributed by atoms with E-state index in [9.17, 15) is 26.7 Å². The number of ether oxygens (including phenoxy) is 1. The Hall–Kier alpha value is -2.00. The van der Waals surface area contributed by atoms with Gasteiger partial charge in [-0.15, -0.1) is 0 Å². The average Bonchev–Trinajstić information content (AvgIpc) is 2.60. The van der Waals surface area contributed by atoms with Crippen LogP contribution in [0.3, 0.4) is 0 Å². The largest absolute Gasteiger partial charge is 0.466 e. The van der Waals surface area contributed by atoms with E-state index in [1.54, 1.807) is 6.92 Å². The highest BCUT2D eigenvalue weighted by molar-refractivity contribution is 5.72. The van der Waals surface area contributed by atoms with Crippen molar-refractivity contribution in [2.24, 2.45) is 5.92 Å². The number of hydrogen-bond donors (Lipinski definition) is 0. The Kier molecular flexibility index (Phi) is 6.35. The molecule has 1 aliphatic heterocycles. The molecule has 1 aromatic rings. The van der Waals surface area contributed by atoms with Gasteiger partial charge in [-0.05, 0) is 26.2 Å². The van der Waals surface area contributed by atoms with Crippen molar-refractivity contribution in [2.75, 3.05) is 24.6 Å². The second-order valence-electron chi connectivity index (χ2n) is 6.08. The molecular weight excluding hydrogens is 361 g/mol. The monoisotopic (exact) mass is 381 g/mol. The van der Waals surface area contributed by atoms with Crippen LogP contribution in [0.2, 0.25) is 0 Å². The molecule has 1 fully saturated rings. The van der Waals surface area contributed by atoms with Crippen LogP contribution in [0, 0.1) is 5.92 Å². The number of halogens is 5. The summed E-state index contributed by atoms with van der Waals surface area (Å²) in [6.45, 7) is 3.05. The van der Waals surface area contributed by atoms with Gasteiger partial charge in [-0.1, -0.05) is 0 Å². The molecule has 1 saturated heterocycles. The van der Waals surface area contributed by atoms with Crippen molar-refractivity contribution in [3.05, 3.63) is 18.1 Å². The Morgan fingerprint density at radius 2 is 1.88 bits per heavy atom. The first-order chi connectivity index (χ1) is 12.1. The Balaban J connectivity index is 1.95. The Bertz CT molecular complexity index is 616. The number of carbonyl (C=O) groups is 1. The van der Waals surface area contributed by atoms with Gasteiger partial charge in [0.05, 0.1) is 24.4 Å². The lowest BCUT2D eigenvalue weighted by Gasteiger charge is -2.31. The topological polar surface area (TPSA) is 55.3 Å². The average molecular weight is 381 g/mol. The number of aromatic nitrogens is 2. The van der Waals surface area contributed by atoms with Gasteiger partial charge < -0.3 is 9.64 Å². The van der Waals surface area contributed by atoms with Gasteiger partial charge in [0, 0.05) is 25.7 Å². The molecule has 0 spiro atoms. The molecule has 0 aliphatic carbocycles. The summed E-state index contributed by atoms with van der Waals surface area (Å²) in [7, 11) is 0. The molecule has 0 saturated carbocycles. The summed E-state index contributed by atoms with van der Waals surface area (Å²) >= 11 is 0. The molecule has 0 N–H and O–H groups in total. The van der Waals surface area contributed by atoms with Crippen molar-refractivity contribution in [2.45, 2.75) is 44.7 Å². The smallest absolute Gasteiger partial charge is 0.453 e. The summed E-state index contributed by atoms with van der Waals surface area (Å²) in [5.41, 5.74) is 0.0685. The fourth-order valence-electron chi connectivity index (χ4n) is 2.70. The quantitative estimate of drug-likeness (QED) is 0.559. The number of piperidine rings is 1. The molecule has 0 unspecified atom stereocenters. The van der Waals surface area contributed by atoms with E-state index < -0.39 is 24.9 Å². The number of nitrogens with zero attached hydrogens (tertiary/aromatic N) is 3. The highest BCUT2D eigenvalue weighted by atomic mass is 19.4. The fourth-order valence-corrected chi connectivity index (χ4v) is 2.70. The molecule has 2 rings (SSSR count). The molecule has 26 heavy (non-hydrogen) atoms. The third-order valence-electron chi connectivity index (χ3n) is 4.22. The highest BCUT2D eigenvalue weighted by Crippen LogP contribution is 2.38. The van der Waals surface area contributed by atoms with Crippen LogP contribution in [0.4, 0.5) is 27.8 Å². The molecule has 0 radical (unpaired) electrons. The first kappa shape index (κ1) is 20.3. The van der Waals surface area contributed by atoms with Gasteiger partial charge in [0.2, 0.25) is 0 Å². The molecule has 146 valence electrons. The van der Waals surface area contributed by atoms with Crippen LogP contribution < -0.4 is 4.90 Å². The van der Waals surface area contributed by atoms with E-state index in [1.165, 1.54) is 12.4 Å². The van der Waals surface area contributed by atoms with Crippen LogP contribution in [0.15, 0.2) is 12.4 Å². The first-order valence-electron chi connectivity index (χ1n) is 8.31. The summed E-state index contributed by atoms with van der Waals surface area (Å²) in [5, 5.41) is 0. The van der Waals surface area contributed by atoms with Gasteiger partial charge in [0.25, 0.3) is 0 Å². The summed E-state index contributed by atoms with van der Waals surface area (Å²) in [6, 6.07) is 0. The summed E-state index contributed by atoms with van der Waals surface area (Å²) in [5.74, 6) is -4.81. The zero-order valence-electron chi connectivity index (χ0n) is 14.2. The number of aryl methyl sites for hydroxylation is 1. The number of esters is 1. The lowest BCUT2D eigenvalue weighted by molar-refractivity contribution is -0.284. The number of hydrogen-bond acceptors (Lipinski definition) is 5. The fraction of sp³-hybridized carbons (Fsp3) is 0.688. The zero-order chi connectivity index (χ0) is 19.4. The first-order valence-corrected chi connectivity index (χ1v) is 8.31. The van der Waals surface area contributed by atoms with Crippen LogP contribution >= 0.6 is 0 Å². The minimum atomic E-state index is -5.58. The molecule has 0 amide bonds. The van der Waals surface area contributed by atoms with Gasteiger partial charge in [-0.25, -0.2) is 4.98 Å². The van der Waals surface area contributed by atoms with Gasteiger partial charge in [-0.2, -0.15) is 22.0 Å². The molecule has 0 bridgehead atoms. The van der Waals surface area contributed by atoms with Gasteiger partial charge in [0.15, 0.2) is 0 Å². The minimum Gasteiger partial charge on any atom is -0.466 e. The SMILES string of the molecule is CCOC(=O)C1CCN(c2cncc(CCC(F)(F)C(F)(F)F)n2)CC1. The van der Waals surface area contributed by atoms with E-state index in [4.69, 9.17) is 4.74 Å². The van der Waals surface area contributed by atoms with Gasteiger partial charge >= 0.3 is 18.1 Å². The number of carbonyl (C=O) groups excluding carboxylic acids is 1. The maximum absolute atomic E-state index is 13.0. The molecule has 0 atom stereocenters. The number of anilines is 1. The second-order valence-corrected chi connectivity index (χ2v) is 6.08. The van der Waals surface area contributed by atoms with Crippen molar-refractivity contribution in [1.82, 2.24) is 9.97 Å². The highest BCUT2D eigenvalue weighted by Gasteiger charge is 2.56. The lowest BCUT2D eigenvalue weighted by atomic mass is 9.97. The van der Waals surface area contributed by atoms with Crippen molar-refractivity contribution in [3.63, 3.8) is 0 Å². The third-order valence-corrected chi connectivity index (χ3v) is 4.22. The molecule has 5 nitrogen and oxygen atoms in total. The normalized spacial score (nSPS) is 16.6. The maximum atomic E-state index is 13.0. The number of rotatable bonds is 6. The van der Waals surface area contributed by atoms with Crippen molar-refractivity contribution >= 4 is 11.8 Å². The zero-order valence-corrected chi connectivity index (χ0v) is 14.2. The third kappa shape index (κ3) is 5.01. The maximum Gasteiger partial charge on any atom is 0.453 e. The second kappa shape index (κ2) is 8.13. The molecule has 2 heterocycles.